The Bertz CT molecular complexity index is 726. The zero-order valence-corrected chi connectivity index (χ0v) is 9.98. The topological polar surface area (TPSA) is 52.1 Å². The minimum absolute atomic E-state index is 0.373. The molecule has 0 aliphatic rings. The maximum Gasteiger partial charge on any atom is 0.343 e. The van der Waals surface area contributed by atoms with Crippen LogP contribution in [-0.4, -0.2) is 16.2 Å². The van der Waals surface area contributed by atoms with Crippen LogP contribution in [0.15, 0.2) is 60.9 Å². The summed E-state index contributed by atoms with van der Waals surface area (Å²) in [5.41, 5.74) is 0.524. The Morgan fingerprint density at radius 3 is 2.42 bits per heavy atom. The van der Waals surface area contributed by atoms with Gasteiger partial charge in [0.05, 0.1) is 18.0 Å². The van der Waals surface area contributed by atoms with Gasteiger partial charge in [-0.3, -0.25) is 0 Å². The lowest BCUT2D eigenvalue weighted by atomic mass is 10.2. The van der Waals surface area contributed by atoms with E-state index >= 15 is 0 Å². The number of benzene rings is 2. The highest BCUT2D eigenvalue weighted by Gasteiger charge is 2.08. The molecule has 0 amide bonds. The molecule has 0 spiro atoms. The fraction of sp³-hybridized carbons (Fsp3) is 0. The van der Waals surface area contributed by atoms with Crippen LogP contribution in [0.2, 0.25) is 0 Å². The van der Waals surface area contributed by atoms with Gasteiger partial charge in [-0.05, 0) is 30.3 Å². The lowest BCUT2D eigenvalue weighted by Crippen LogP contribution is -2.07. The molecule has 0 N–H and O–H groups in total. The Morgan fingerprint density at radius 2 is 1.63 bits per heavy atom. The van der Waals surface area contributed by atoms with Crippen LogP contribution in [0.5, 0.6) is 5.75 Å². The first-order chi connectivity index (χ1) is 9.33. The molecule has 0 saturated carbocycles. The Hall–Kier alpha value is -2.75. The number of esters is 1. The molecular formula is C15H10N2O2. The molecule has 92 valence electrons. The average molecular weight is 250 g/mol. The zero-order valence-electron chi connectivity index (χ0n) is 9.98. The van der Waals surface area contributed by atoms with E-state index < -0.39 is 0 Å². The van der Waals surface area contributed by atoms with Crippen LogP contribution >= 0.6 is 0 Å². The van der Waals surface area contributed by atoms with Gasteiger partial charge < -0.3 is 4.74 Å². The third kappa shape index (κ3) is 2.42. The standard InChI is InChI=1S/C15H10N2O2/c18-15(11-4-2-1-3-5-11)19-14-7-6-12-9-16-17-10-13(12)8-14/h1-10H. The van der Waals surface area contributed by atoms with Crippen molar-refractivity contribution in [1.82, 2.24) is 10.2 Å². The van der Waals surface area contributed by atoms with E-state index in [0.29, 0.717) is 11.3 Å². The molecule has 0 bridgehead atoms. The summed E-state index contributed by atoms with van der Waals surface area (Å²) < 4.78 is 5.32. The molecule has 1 heterocycles. The maximum absolute atomic E-state index is 11.9. The number of nitrogens with zero attached hydrogens (tertiary/aromatic N) is 2. The first-order valence-corrected chi connectivity index (χ1v) is 5.80. The summed E-state index contributed by atoms with van der Waals surface area (Å²) in [6.45, 7) is 0. The van der Waals surface area contributed by atoms with Crippen molar-refractivity contribution in [1.29, 1.82) is 0 Å². The van der Waals surface area contributed by atoms with Crippen molar-refractivity contribution in [2.45, 2.75) is 0 Å². The highest BCUT2D eigenvalue weighted by atomic mass is 16.5. The van der Waals surface area contributed by atoms with Gasteiger partial charge in [0, 0.05) is 10.8 Å². The molecule has 0 aliphatic heterocycles. The lowest BCUT2D eigenvalue weighted by Gasteiger charge is -2.05. The molecule has 0 atom stereocenters. The monoisotopic (exact) mass is 250 g/mol. The minimum Gasteiger partial charge on any atom is -0.423 e. The van der Waals surface area contributed by atoms with Gasteiger partial charge >= 0.3 is 5.97 Å². The van der Waals surface area contributed by atoms with Gasteiger partial charge in [-0.2, -0.15) is 10.2 Å². The zero-order chi connectivity index (χ0) is 13.1. The van der Waals surface area contributed by atoms with Crippen molar-refractivity contribution in [3.05, 3.63) is 66.5 Å². The second-order valence-electron chi connectivity index (χ2n) is 4.04. The van der Waals surface area contributed by atoms with Crippen LogP contribution in [0.1, 0.15) is 10.4 Å². The Morgan fingerprint density at radius 1 is 0.895 bits per heavy atom. The van der Waals surface area contributed by atoms with Gasteiger partial charge in [-0.15, -0.1) is 0 Å². The summed E-state index contributed by atoms with van der Waals surface area (Å²) in [7, 11) is 0. The van der Waals surface area contributed by atoms with Crippen molar-refractivity contribution in [3.8, 4) is 5.75 Å². The molecule has 0 unspecified atom stereocenters. The molecule has 0 saturated heterocycles. The first-order valence-electron chi connectivity index (χ1n) is 5.80. The molecule has 0 fully saturated rings. The molecule has 0 aliphatic carbocycles. The molecule has 1 aromatic heterocycles. The summed E-state index contributed by atoms with van der Waals surface area (Å²) in [4.78, 5) is 11.9. The second kappa shape index (κ2) is 4.86. The molecular weight excluding hydrogens is 240 g/mol. The Balaban J connectivity index is 1.87. The smallest absolute Gasteiger partial charge is 0.343 e. The number of hydrogen-bond acceptors (Lipinski definition) is 4. The number of aromatic nitrogens is 2. The third-order valence-corrected chi connectivity index (χ3v) is 2.74. The minimum atomic E-state index is -0.373. The predicted octanol–water partition coefficient (Wildman–Crippen LogP) is 2.85. The summed E-state index contributed by atoms with van der Waals surface area (Å²) in [5.74, 6) is 0.122. The van der Waals surface area contributed by atoms with Crippen molar-refractivity contribution < 1.29 is 9.53 Å². The Kier molecular flexibility index (Phi) is 2.90. The van der Waals surface area contributed by atoms with E-state index in [2.05, 4.69) is 10.2 Å². The van der Waals surface area contributed by atoms with Crippen LogP contribution in [0.3, 0.4) is 0 Å². The molecule has 3 aromatic rings. The fourth-order valence-electron chi connectivity index (χ4n) is 1.78. The van der Waals surface area contributed by atoms with Crippen molar-refractivity contribution in [3.63, 3.8) is 0 Å². The summed E-state index contributed by atoms with van der Waals surface area (Å²) >= 11 is 0. The molecule has 4 nitrogen and oxygen atoms in total. The van der Waals surface area contributed by atoms with Gasteiger partial charge in [0.25, 0.3) is 0 Å². The largest absolute Gasteiger partial charge is 0.423 e. The molecule has 4 heteroatoms. The number of fused-ring (bicyclic) bond motifs is 1. The van der Waals surface area contributed by atoms with E-state index in [9.17, 15) is 4.79 Å². The van der Waals surface area contributed by atoms with Gasteiger partial charge in [0.15, 0.2) is 0 Å². The molecule has 0 radical (unpaired) electrons. The van der Waals surface area contributed by atoms with Crippen LogP contribution in [0.4, 0.5) is 0 Å². The van der Waals surface area contributed by atoms with E-state index in [1.807, 2.05) is 12.1 Å². The highest BCUT2D eigenvalue weighted by molar-refractivity contribution is 5.91. The van der Waals surface area contributed by atoms with Crippen LogP contribution in [-0.2, 0) is 0 Å². The van der Waals surface area contributed by atoms with Crippen LogP contribution < -0.4 is 4.74 Å². The summed E-state index contributed by atoms with van der Waals surface area (Å²) in [6, 6.07) is 14.2. The number of carbonyl (C=O) groups is 1. The number of rotatable bonds is 2. The number of ether oxygens (including phenoxy) is 1. The maximum atomic E-state index is 11.9. The van der Waals surface area contributed by atoms with E-state index in [1.165, 1.54) is 0 Å². The highest BCUT2D eigenvalue weighted by Crippen LogP contribution is 2.20. The quantitative estimate of drug-likeness (QED) is 0.518. The lowest BCUT2D eigenvalue weighted by molar-refractivity contribution is 0.0735. The fourth-order valence-corrected chi connectivity index (χ4v) is 1.78. The van der Waals surface area contributed by atoms with Crippen molar-refractivity contribution in [2.24, 2.45) is 0 Å². The van der Waals surface area contributed by atoms with E-state index in [4.69, 9.17) is 4.74 Å². The van der Waals surface area contributed by atoms with Crippen molar-refractivity contribution >= 4 is 16.7 Å². The summed E-state index contributed by atoms with van der Waals surface area (Å²) in [5, 5.41) is 9.43. The summed E-state index contributed by atoms with van der Waals surface area (Å²) in [6.07, 6.45) is 3.30. The van der Waals surface area contributed by atoms with Gasteiger partial charge in [-0.1, -0.05) is 18.2 Å². The van der Waals surface area contributed by atoms with E-state index in [0.717, 1.165) is 10.8 Å². The second-order valence-corrected chi connectivity index (χ2v) is 4.04. The van der Waals surface area contributed by atoms with E-state index in [-0.39, 0.29) is 5.97 Å². The first kappa shape index (κ1) is 11.3. The van der Waals surface area contributed by atoms with E-state index in [1.54, 1.807) is 48.8 Å². The Labute approximate surface area is 109 Å². The van der Waals surface area contributed by atoms with Gasteiger partial charge in [0.1, 0.15) is 5.75 Å². The SMILES string of the molecule is O=C(Oc1ccc2cnncc2c1)c1ccccc1. The normalized spacial score (nSPS) is 10.3. The molecule has 3 rings (SSSR count). The number of hydrogen-bond donors (Lipinski definition) is 0. The molecule has 19 heavy (non-hydrogen) atoms. The van der Waals surface area contributed by atoms with Crippen LogP contribution in [0.25, 0.3) is 10.8 Å². The third-order valence-electron chi connectivity index (χ3n) is 2.74. The van der Waals surface area contributed by atoms with Gasteiger partial charge in [0.2, 0.25) is 0 Å². The van der Waals surface area contributed by atoms with Crippen LogP contribution in [0, 0.1) is 0 Å². The number of carbonyl (C=O) groups excluding carboxylic acids is 1. The predicted molar refractivity (Wildman–Crippen MR) is 70.9 cm³/mol. The van der Waals surface area contributed by atoms with Crippen molar-refractivity contribution in [2.75, 3.05) is 0 Å². The van der Waals surface area contributed by atoms with Gasteiger partial charge in [-0.25, -0.2) is 4.79 Å². The molecule has 2 aromatic carbocycles. The average Bonchev–Trinajstić information content (AvgIpc) is 2.48.